The van der Waals surface area contributed by atoms with Gasteiger partial charge in [0.15, 0.2) is 0 Å². The predicted octanol–water partition coefficient (Wildman–Crippen LogP) is 3.13. The second-order valence-electron chi connectivity index (χ2n) is 5.38. The van der Waals surface area contributed by atoms with Crippen LogP contribution in [0, 0.1) is 0 Å². The second-order valence-corrected chi connectivity index (χ2v) is 7.12. The summed E-state index contributed by atoms with van der Waals surface area (Å²) in [7, 11) is -0.433. The number of nitrogens with one attached hydrogen (secondary N) is 1. The average Bonchev–Trinajstić information content (AvgIpc) is 2.52. The zero-order valence-corrected chi connectivity index (χ0v) is 14.4. The van der Waals surface area contributed by atoms with Crippen molar-refractivity contribution < 1.29 is 26.3 Å². The average molecular weight is 374 g/mol. The topological polar surface area (TPSA) is 58.6 Å². The van der Waals surface area contributed by atoms with Gasteiger partial charge in [0.05, 0.1) is 0 Å². The minimum absolute atomic E-state index is 0.0591. The van der Waals surface area contributed by atoms with Gasteiger partial charge in [0, 0.05) is 26.3 Å². The highest BCUT2D eigenvalue weighted by molar-refractivity contribution is 7.89. The summed E-state index contributed by atoms with van der Waals surface area (Å²) in [6.45, 7) is -0.0591. The molecule has 0 radical (unpaired) electrons. The fourth-order valence-electron chi connectivity index (χ4n) is 2.05. The largest absolute Gasteiger partial charge is 0.573 e. The van der Waals surface area contributed by atoms with Crippen LogP contribution in [0.4, 0.5) is 18.9 Å². The number of nitrogens with zero attached hydrogens (tertiary/aromatic N) is 1. The normalized spacial score (nSPS) is 12.0. The van der Waals surface area contributed by atoms with E-state index in [2.05, 4.69) is 9.46 Å². The van der Waals surface area contributed by atoms with Gasteiger partial charge in [-0.25, -0.2) is 13.1 Å². The van der Waals surface area contributed by atoms with Crippen molar-refractivity contribution in [3.8, 4) is 5.75 Å². The molecule has 0 heterocycles. The smallest absolute Gasteiger partial charge is 0.404 e. The maximum absolute atomic E-state index is 12.4. The van der Waals surface area contributed by atoms with Gasteiger partial charge >= 0.3 is 6.36 Å². The lowest BCUT2D eigenvalue weighted by Crippen LogP contribution is -2.25. The quantitative estimate of drug-likeness (QED) is 0.844. The molecule has 2 rings (SSSR count). The van der Waals surface area contributed by atoms with Crippen LogP contribution in [0.2, 0.25) is 0 Å². The Morgan fingerprint density at radius 3 is 2.20 bits per heavy atom. The van der Waals surface area contributed by atoms with E-state index >= 15 is 0 Å². The van der Waals surface area contributed by atoms with Crippen molar-refractivity contribution in [1.82, 2.24) is 4.72 Å². The third-order valence-corrected chi connectivity index (χ3v) is 4.72. The third kappa shape index (κ3) is 5.36. The number of hydrogen-bond donors (Lipinski definition) is 1. The van der Waals surface area contributed by atoms with Gasteiger partial charge in [-0.15, -0.1) is 13.2 Å². The van der Waals surface area contributed by atoms with Crippen LogP contribution in [-0.4, -0.2) is 28.9 Å². The zero-order chi connectivity index (χ0) is 18.7. The summed E-state index contributed by atoms with van der Waals surface area (Å²) in [5.74, 6) is -0.773. The van der Waals surface area contributed by atoms with Gasteiger partial charge in [-0.1, -0.05) is 24.3 Å². The van der Waals surface area contributed by atoms with Crippen LogP contribution in [-0.2, 0) is 16.6 Å². The molecular weight excluding hydrogens is 357 g/mol. The molecule has 0 saturated heterocycles. The number of rotatable bonds is 6. The molecular formula is C16H17F3N2O3S. The van der Waals surface area contributed by atoms with E-state index in [9.17, 15) is 21.6 Å². The highest BCUT2D eigenvalue weighted by Gasteiger charge is 2.33. The Bertz CT molecular complexity index is 819. The SMILES string of the molecule is CN(C)c1ccc(CNS(=O)(=O)c2ccccc2OC(F)(F)F)cc1. The molecule has 0 aliphatic heterocycles. The van der Waals surface area contributed by atoms with Crippen LogP contribution < -0.4 is 14.4 Å². The first kappa shape index (κ1) is 19.1. The second kappa shape index (κ2) is 7.32. The van der Waals surface area contributed by atoms with E-state index in [1.54, 1.807) is 12.1 Å². The number of hydrogen-bond acceptors (Lipinski definition) is 4. The molecule has 0 saturated carbocycles. The number of alkyl halides is 3. The summed E-state index contributed by atoms with van der Waals surface area (Å²) < 4.78 is 68.0. The van der Waals surface area contributed by atoms with Crippen LogP contribution in [0.25, 0.3) is 0 Å². The van der Waals surface area contributed by atoms with Crippen LogP contribution in [0.1, 0.15) is 5.56 Å². The zero-order valence-electron chi connectivity index (χ0n) is 13.5. The van der Waals surface area contributed by atoms with Crippen LogP contribution in [0.3, 0.4) is 0 Å². The Hall–Kier alpha value is -2.26. The Balaban J connectivity index is 2.17. The van der Waals surface area contributed by atoms with E-state index in [-0.39, 0.29) is 6.54 Å². The molecule has 0 atom stereocenters. The lowest BCUT2D eigenvalue weighted by atomic mass is 10.2. The van der Waals surface area contributed by atoms with Crippen molar-refractivity contribution >= 4 is 15.7 Å². The highest BCUT2D eigenvalue weighted by atomic mass is 32.2. The minimum Gasteiger partial charge on any atom is -0.404 e. The standard InChI is InChI=1S/C16H17F3N2O3S/c1-21(2)13-9-7-12(8-10-13)11-20-25(22,23)15-6-4-3-5-14(15)24-16(17,18)19/h3-10,20H,11H2,1-2H3. The maximum Gasteiger partial charge on any atom is 0.573 e. The van der Waals surface area contributed by atoms with Crippen molar-refractivity contribution in [2.24, 2.45) is 0 Å². The Labute approximate surface area is 144 Å². The first-order valence-electron chi connectivity index (χ1n) is 7.19. The van der Waals surface area contributed by atoms with Gasteiger partial charge in [-0.05, 0) is 29.8 Å². The number of halogens is 3. The lowest BCUT2D eigenvalue weighted by molar-refractivity contribution is -0.275. The first-order chi connectivity index (χ1) is 11.6. The van der Waals surface area contributed by atoms with Crippen LogP contribution in [0.15, 0.2) is 53.4 Å². The number of ether oxygens (including phenoxy) is 1. The summed E-state index contributed by atoms with van der Waals surface area (Å²) >= 11 is 0. The maximum atomic E-state index is 12.4. The lowest BCUT2D eigenvalue weighted by Gasteiger charge is -2.15. The molecule has 0 aliphatic carbocycles. The molecule has 136 valence electrons. The molecule has 25 heavy (non-hydrogen) atoms. The molecule has 0 amide bonds. The Morgan fingerprint density at radius 1 is 1.04 bits per heavy atom. The van der Waals surface area contributed by atoms with Crippen molar-refractivity contribution in [2.75, 3.05) is 19.0 Å². The molecule has 1 N–H and O–H groups in total. The van der Waals surface area contributed by atoms with E-state index in [4.69, 9.17) is 0 Å². The van der Waals surface area contributed by atoms with Gasteiger partial charge < -0.3 is 9.64 Å². The van der Waals surface area contributed by atoms with E-state index in [0.29, 0.717) is 5.56 Å². The number of anilines is 1. The Morgan fingerprint density at radius 2 is 1.64 bits per heavy atom. The fourth-order valence-corrected chi connectivity index (χ4v) is 3.19. The minimum atomic E-state index is -4.98. The number of sulfonamides is 1. The number of benzene rings is 2. The van der Waals surface area contributed by atoms with Crippen molar-refractivity contribution in [3.05, 3.63) is 54.1 Å². The molecule has 9 heteroatoms. The van der Waals surface area contributed by atoms with Crippen molar-refractivity contribution in [1.29, 1.82) is 0 Å². The molecule has 0 spiro atoms. The molecule has 5 nitrogen and oxygen atoms in total. The van der Waals surface area contributed by atoms with Gasteiger partial charge in [0.2, 0.25) is 10.0 Å². The summed E-state index contributed by atoms with van der Waals surface area (Å²) in [6, 6.07) is 11.7. The molecule has 0 unspecified atom stereocenters. The molecule has 0 bridgehead atoms. The van der Waals surface area contributed by atoms with Crippen LogP contribution in [0.5, 0.6) is 5.75 Å². The highest BCUT2D eigenvalue weighted by Crippen LogP contribution is 2.29. The molecule has 0 aromatic heterocycles. The van der Waals surface area contributed by atoms with Gasteiger partial charge in [0.25, 0.3) is 0 Å². The van der Waals surface area contributed by atoms with Crippen molar-refractivity contribution in [3.63, 3.8) is 0 Å². The number of para-hydroxylation sites is 1. The summed E-state index contributed by atoms with van der Waals surface area (Å²) in [4.78, 5) is 1.32. The summed E-state index contributed by atoms with van der Waals surface area (Å²) in [6.07, 6.45) is -4.98. The molecule has 2 aromatic rings. The van der Waals surface area contributed by atoms with Gasteiger partial charge in [0.1, 0.15) is 10.6 Å². The molecule has 0 aliphatic rings. The first-order valence-corrected chi connectivity index (χ1v) is 8.67. The van der Waals surface area contributed by atoms with E-state index < -0.39 is 27.0 Å². The molecule has 2 aromatic carbocycles. The van der Waals surface area contributed by atoms with Gasteiger partial charge in [-0.2, -0.15) is 0 Å². The van der Waals surface area contributed by atoms with E-state index in [1.807, 2.05) is 31.1 Å². The van der Waals surface area contributed by atoms with E-state index in [0.717, 1.165) is 17.8 Å². The van der Waals surface area contributed by atoms with Crippen LogP contribution >= 0.6 is 0 Å². The van der Waals surface area contributed by atoms with Gasteiger partial charge in [-0.3, -0.25) is 0 Å². The van der Waals surface area contributed by atoms with E-state index in [1.165, 1.54) is 12.1 Å². The Kier molecular flexibility index (Phi) is 5.58. The molecule has 0 fully saturated rings. The predicted molar refractivity (Wildman–Crippen MR) is 87.9 cm³/mol. The van der Waals surface area contributed by atoms with Crippen molar-refractivity contribution in [2.45, 2.75) is 17.8 Å². The third-order valence-electron chi connectivity index (χ3n) is 3.28. The summed E-state index contributed by atoms with van der Waals surface area (Å²) in [5.41, 5.74) is 1.61. The fraction of sp³-hybridized carbons (Fsp3) is 0.250. The monoisotopic (exact) mass is 374 g/mol. The summed E-state index contributed by atoms with van der Waals surface area (Å²) in [5, 5.41) is 0.